The second-order valence-corrected chi connectivity index (χ2v) is 2.43. The smallest absolute Gasteiger partial charge is 0.432 e. The summed E-state index contributed by atoms with van der Waals surface area (Å²) in [5.74, 6) is -1.40. The SMILES string of the molecule is O=C(O)/C=C/Cc1cnc([N+](=O)[O-])[nH]1. The summed E-state index contributed by atoms with van der Waals surface area (Å²) in [6, 6.07) is 0. The summed E-state index contributed by atoms with van der Waals surface area (Å²) in [6.07, 6.45) is 3.91. The van der Waals surface area contributed by atoms with E-state index < -0.39 is 10.9 Å². The zero-order valence-electron chi connectivity index (χ0n) is 7.01. The number of imidazole rings is 1. The fraction of sp³-hybridized carbons (Fsp3) is 0.143. The van der Waals surface area contributed by atoms with Crippen LogP contribution in [-0.2, 0) is 11.2 Å². The minimum absolute atomic E-state index is 0.271. The van der Waals surface area contributed by atoms with Crippen molar-refractivity contribution in [1.82, 2.24) is 9.97 Å². The van der Waals surface area contributed by atoms with E-state index in [0.29, 0.717) is 5.69 Å². The molecule has 0 amide bonds. The zero-order chi connectivity index (χ0) is 10.6. The van der Waals surface area contributed by atoms with E-state index in [2.05, 4.69) is 9.97 Å². The topological polar surface area (TPSA) is 109 Å². The number of rotatable bonds is 4. The van der Waals surface area contributed by atoms with Crippen molar-refractivity contribution in [2.45, 2.75) is 6.42 Å². The predicted octanol–water partition coefficient (Wildman–Crippen LogP) is 0.501. The zero-order valence-corrected chi connectivity index (χ0v) is 7.01. The Hall–Kier alpha value is -2.18. The van der Waals surface area contributed by atoms with E-state index in [-0.39, 0.29) is 12.4 Å². The molecule has 0 saturated heterocycles. The summed E-state index contributed by atoms with van der Waals surface area (Å²) in [7, 11) is 0. The maximum absolute atomic E-state index is 10.2. The third-order valence-corrected chi connectivity index (χ3v) is 1.39. The lowest BCUT2D eigenvalue weighted by molar-refractivity contribution is -0.393. The molecule has 1 aromatic rings. The highest BCUT2D eigenvalue weighted by Crippen LogP contribution is 2.05. The third kappa shape index (κ3) is 2.70. The fourth-order valence-electron chi connectivity index (χ4n) is 0.830. The van der Waals surface area contributed by atoms with Crippen molar-refractivity contribution in [3.05, 3.63) is 34.2 Å². The number of carboxylic acids is 1. The van der Waals surface area contributed by atoms with Crippen LogP contribution in [0, 0.1) is 10.1 Å². The molecule has 1 rings (SSSR count). The van der Waals surface area contributed by atoms with Gasteiger partial charge in [-0.3, -0.25) is 0 Å². The molecule has 0 aromatic carbocycles. The Morgan fingerprint density at radius 2 is 2.50 bits per heavy atom. The van der Waals surface area contributed by atoms with Gasteiger partial charge in [-0.15, -0.1) is 0 Å². The number of H-pyrrole nitrogens is 1. The van der Waals surface area contributed by atoms with E-state index in [9.17, 15) is 14.9 Å². The van der Waals surface area contributed by atoms with Gasteiger partial charge < -0.3 is 15.2 Å². The lowest BCUT2D eigenvalue weighted by atomic mass is 10.3. The first-order valence-electron chi connectivity index (χ1n) is 3.67. The molecule has 74 valence electrons. The van der Waals surface area contributed by atoms with Crippen molar-refractivity contribution in [2.75, 3.05) is 0 Å². The van der Waals surface area contributed by atoms with Gasteiger partial charge in [-0.1, -0.05) is 11.1 Å². The van der Waals surface area contributed by atoms with E-state index >= 15 is 0 Å². The van der Waals surface area contributed by atoms with Crippen LogP contribution >= 0.6 is 0 Å². The van der Waals surface area contributed by atoms with E-state index in [0.717, 1.165) is 6.08 Å². The van der Waals surface area contributed by atoms with Crippen LogP contribution < -0.4 is 0 Å². The molecule has 0 bridgehead atoms. The van der Waals surface area contributed by atoms with Crippen LogP contribution in [0.2, 0.25) is 0 Å². The molecule has 0 aliphatic heterocycles. The molecule has 0 radical (unpaired) electrons. The molecular weight excluding hydrogens is 190 g/mol. The van der Waals surface area contributed by atoms with Gasteiger partial charge in [0.05, 0.1) is 0 Å². The van der Waals surface area contributed by atoms with Gasteiger partial charge in [-0.2, -0.15) is 0 Å². The Kier molecular flexibility index (Phi) is 2.95. The number of nitrogens with one attached hydrogen (secondary N) is 1. The number of nitro groups is 1. The predicted molar refractivity (Wildman–Crippen MR) is 45.7 cm³/mol. The molecule has 7 nitrogen and oxygen atoms in total. The lowest BCUT2D eigenvalue weighted by Crippen LogP contribution is -1.90. The normalized spacial score (nSPS) is 10.6. The Bertz CT molecular complexity index is 382. The maximum Gasteiger partial charge on any atom is 0.432 e. The molecule has 0 aliphatic rings. The van der Waals surface area contributed by atoms with Crippen molar-refractivity contribution in [3.63, 3.8) is 0 Å². The fourth-order valence-corrected chi connectivity index (χ4v) is 0.830. The van der Waals surface area contributed by atoms with Gasteiger partial charge in [-0.25, -0.2) is 9.78 Å². The maximum atomic E-state index is 10.2. The lowest BCUT2D eigenvalue weighted by Gasteiger charge is -1.86. The Balaban J connectivity index is 2.60. The summed E-state index contributed by atoms with van der Waals surface area (Å²) in [4.78, 5) is 25.5. The van der Waals surface area contributed by atoms with E-state index in [1.807, 2.05) is 0 Å². The average Bonchev–Trinajstić information content (AvgIpc) is 2.52. The Morgan fingerprint density at radius 3 is 3.00 bits per heavy atom. The molecule has 14 heavy (non-hydrogen) atoms. The standard InChI is InChI=1S/C7H7N3O4/c11-6(12)3-1-2-5-4-8-7(9-5)10(13)14/h1,3-4H,2H2,(H,8,9)(H,11,12)/b3-1+. The number of aliphatic carboxylic acids is 1. The van der Waals surface area contributed by atoms with Gasteiger partial charge in [0.2, 0.25) is 0 Å². The van der Waals surface area contributed by atoms with Crippen LogP contribution in [0.15, 0.2) is 18.3 Å². The molecule has 0 aliphatic carbocycles. The van der Waals surface area contributed by atoms with E-state index in [4.69, 9.17) is 5.11 Å². The summed E-state index contributed by atoms with van der Waals surface area (Å²) >= 11 is 0. The van der Waals surface area contributed by atoms with E-state index in [1.54, 1.807) is 0 Å². The summed E-state index contributed by atoms with van der Waals surface area (Å²) < 4.78 is 0. The molecule has 1 heterocycles. The van der Waals surface area contributed by atoms with Gasteiger partial charge in [0.15, 0.2) is 0 Å². The first kappa shape index (κ1) is 9.90. The van der Waals surface area contributed by atoms with Gasteiger partial charge in [-0.05, 0) is 4.92 Å². The van der Waals surface area contributed by atoms with Gasteiger partial charge in [0, 0.05) is 12.5 Å². The highest BCUT2D eigenvalue weighted by molar-refractivity contribution is 5.79. The van der Waals surface area contributed by atoms with Gasteiger partial charge in [0.1, 0.15) is 11.9 Å². The molecule has 0 spiro atoms. The minimum Gasteiger partial charge on any atom is -0.478 e. The first-order chi connectivity index (χ1) is 6.59. The Labute approximate surface area is 78.2 Å². The molecular formula is C7H7N3O4. The first-order valence-corrected chi connectivity index (χ1v) is 3.67. The van der Waals surface area contributed by atoms with Crippen molar-refractivity contribution >= 4 is 11.9 Å². The van der Waals surface area contributed by atoms with Crippen LogP contribution in [0.1, 0.15) is 5.69 Å². The second-order valence-electron chi connectivity index (χ2n) is 2.43. The molecule has 2 N–H and O–H groups in total. The molecule has 0 fully saturated rings. The summed E-state index contributed by atoms with van der Waals surface area (Å²) in [5, 5.41) is 18.5. The van der Waals surface area contributed by atoms with Crippen molar-refractivity contribution in [2.24, 2.45) is 0 Å². The number of aromatic nitrogens is 2. The summed E-state index contributed by atoms with van der Waals surface area (Å²) in [6.45, 7) is 0. The van der Waals surface area contributed by atoms with Gasteiger partial charge in [0.25, 0.3) is 0 Å². The monoisotopic (exact) mass is 197 g/mol. The summed E-state index contributed by atoms with van der Waals surface area (Å²) in [5.41, 5.74) is 0.495. The van der Waals surface area contributed by atoms with Crippen LogP contribution in [0.4, 0.5) is 5.95 Å². The highest BCUT2D eigenvalue weighted by atomic mass is 16.6. The number of hydrogen-bond donors (Lipinski definition) is 2. The van der Waals surface area contributed by atoms with Gasteiger partial charge >= 0.3 is 11.9 Å². The quantitative estimate of drug-likeness (QED) is 0.415. The third-order valence-electron chi connectivity index (χ3n) is 1.39. The molecule has 7 heteroatoms. The molecule has 1 aromatic heterocycles. The number of aromatic amines is 1. The van der Waals surface area contributed by atoms with E-state index in [1.165, 1.54) is 12.3 Å². The number of hydrogen-bond acceptors (Lipinski definition) is 4. The minimum atomic E-state index is -1.06. The van der Waals surface area contributed by atoms with Crippen molar-refractivity contribution in [1.29, 1.82) is 0 Å². The largest absolute Gasteiger partial charge is 0.478 e. The number of allylic oxidation sites excluding steroid dienone is 1. The van der Waals surface area contributed by atoms with Crippen LogP contribution in [-0.4, -0.2) is 26.0 Å². The Morgan fingerprint density at radius 1 is 1.79 bits per heavy atom. The van der Waals surface area contributed by atoms with Crippen molar-refractivity contribution in [3.8, 4) is 0 Å². The average molecular weight is 197 g/mol. The number of nitrogens with zero attached hydrogens (tertiary/aromatic N) is 2. The van der Waals surface area contributed by atoms with Crippen LogP contribution in [0.3, 0.4) is 0 Å². The number of carbonyl (C=O) groups is 1. The van der Waals surface area contributed by atoms with Crippen LogP contribution in [0.5, 0.6) is 0 Å². The second kappa shape index (κ2) is 4.17. The number of carboxylic acid groups (broad SMARTS) is 1. The molecule has 0 atom stereocenters. The van der Waals surface area contributed by atoms with Crippen LogP contribution in [0.25, 0.3) is 0 Å². The highest BCUT2D eigenvalue weighted by Gasteiger charge is 2.09. The molecule has 0 unspecified atom stereocenters. The van der Waals surface area contributed by atoms with Crippen molar-refractivity contribution < 1.29 is 14.8 Å². The molecule has 0 saturated carbocycles.